The lowest BCUT2D eigenvalue weighted by Gasteiger charge is -2.25. The van der Waals surface area contributed by atoms with Crippen LogP contribution in [0.1, 0.15) is 38.5 Å². The zero-order valence-corrected chi connectivity index (χ0v) is 23.9. The molecule has 0 spiro atoms. The highest BCUT2D eigenvalue weighted by Crippen LogP contribution is 2.04. The highest BCUT2D eigenvalue weighted by Gasteiger charge is 2.32. The lowest BCUT2D eigenvalue weighted by molar-refractivity contribution is -0.143. The van der Waals surface area contributed by atoms with Crippen molar-refractivity contribution < 1.29 is 54.3 Å². The summed E-state index contributed by atoms with van der Waals surface area (Å²) in [6.07, 6.45) is 1.74. The van der Waals surface area contributed by atoms with E-state index < -0.39 is 98.2 Å². The molecule has 19 heteroatoms. The van der Waals surface area contributed by atoms with Crippen molar-refractivity contribution in [1.29, 1.82) is 0 Å². The van der Waals surface area contributed by atoms with Crippen molar-refractivity contribution in [2.75, 3.05) is 39.5 Å². The van der Waals surface area contributed by atoms with E-state index in [1.165, 1.54) is 0 Å². The number of amides is 5. The van der Waals surface area contributed by atoms with Crippen LogP contribution >= 0.6 is 0 Å². The number of unbranched alkanes of at least 4 members (excludes halogenated alkanes) is 2. The first-order valence-corrected chi connectivity index (χ1v) is 13.7. The molecule has 0 bridgehead atoms. The summed E-state index contributed by atoms with van der Waals surface area (Å²) in [5.41, 5.74) is 16.3. The van der Waals surface area contributed by atoms with Crippen LogP contribution in [0.3, 0.4) is 0 Å². The van der Waals surface area contributed by atoms with E-state index in [9.17, 15) is 49.2 Å². The minimum Gasteiger partial charge on any atom is -0.480 e. The maximum atomic E-state index is 13.0. The van der Waals surface area contributed by atoms with Crippen molar-refractivity contribution in [2.45, 2.75) is 74.8 Å². The minimum atomic E-state index is -1.67. The summed E-state index contributed by atoms with van der Waals surface area (Å²) in [6.45, 7) is -2.93. The fourth-order valence-corrected chi connectivity index (χ4v) is 3.55. The second kappa shape index (κ2) is 22.1. The third-order valence-electron chi connectivity index (χ3n) is 6.12. The number of carboxylic acids is 1. The molecule has 43 heavy (non-hydrogen) atoms. The largest absolute Gasteiger partial charge is 0.480 e. The number of hydrogen-bond donors (Lipinski definition) is 13. The molecule has 0 aliphatic heterocycles. The Bertz CT molecular complexity index is 911. The smallest absolute Gasteiger partial charge is 0.326 e. The lowest BCUT2D eigenvalue weighted by Crippen LogP contribution is -2.61. The van der Waals surface area contributed by atoms with Crippen LogP contribution in [0.2, 0.25) is 0 Å². The second-order valence-electron chi connectivity index (χ2n) is 9.55. The van der Waals surface area contributed by atoms with Gasteiger partial charge in [-0.1, -0.05) is 0 Å². The van der Waals surface area contributed by atoms with Crippen molar-refractivity contribution in [2.24, 2.45) is 17.2 Å². The number of aliphatic hydroxyl groups excluding tert-OH is 4. The SMILES string of the molecule is NCCCC[C@H](NC(=O)[C@H](CO)NC(=O)[C@H](CO)NC(=O)[C@H](CCCCN)NC(=O)[C@H](CO)NC(=O)[C@@H](N)CO)C(=O)O. The third kappa shape index (κ3) is 15.0. The van der Waals surface area contributed by atoms with Crippen molar-refractivity contribution in [3.05, 3.63) is 0 Å². The van der Waals surface area contributed by atoms with Gasteiger partial charge in [-0.3, -0.25) is 24.0 Å². The Labute approximate surface area is 248 Å². The Hall–Kier alpha value is -3.46. The maximum absolute atomic E-state index is 13.0. The number of hydrogen-bond acceptors (Lipinski definition) is 13. The molecule has 19 nitrogen and oxygen atoms in total. The topological polar surface area (TPSA) is 342 Å². The van der Waals surface area contributed by atoms with E-state index >= 15 is 0 Å². The Balaban J connectivity index is 5.52. The van der Waals surface area contributed by atoms with Gasteiger partial charge in [0.2, 0.25) is 29.5 Å². The normalized spacial score (nSPS) is 15.1. The number of nitrogens with two attached hydrogens (primary N) is 3. The predicted octanol–water partition coefficient (Wildman–Crippen LogP) is -6.95. The number of carboxylic acid groups (broad SMARTS) is 1. The minimum absolute atomic E-state index is 0.000800. The van der Waals surface area contributed by atoms with E-state index in [2.05, 4.69) is 26.6 Å². The molecular weight excluding hydrogens is 576 g/mol. The standard InChI is InChI=1S/C24H46N8O11/c25-7-3-1-5-14(28-21(39)16(10-34)30-19(37)13(27)9-33)20(38)31-18(12-36)23(41)32-17(11-35)22(40)29-15(24(42)43)6-2-4-8-26/h13-18,33-36H,1-12,25-27H2,(H,28,39)(H,29,40)(H,30,37)(H,31,38)(H,32,41)(H,42,43)/t13-,14-,15-,16-,17-,18-/m0/s1. The van der Waals surface area contributed by atoms with Gasteiger partial charge in [-0.05, 0) is 51.6 Å². The van der Waals surface area contributed by atoms with Crippen molar-refractivity contribution in [3.8, 4) is 0 Å². The molecule has 0 aromatic rings. The molecule has 5 amide bonds. The van der Waals surface area contributed by atoms with Crippen LogP contribution in [0, 0.1) is 0 Å². The van der Waals surface area contributed by atoms with Gasteiger partial charge in [0.1, 0.15) is 36.3 Å². The molecule has 0 aliphatic carbocycles. The lowest BCUT2D eigenvalue weighted by atomic mass is 10.1. The Morgan fingerprint density at radius 1 is 0.488 bits per heavy atom. The molecule has 248 valence electrons. The molecule has 0 aliphatic rings. The number of nitrogens with one attached hydrogen (secondary N) is 5. The fourth-order valence-electron chi connectivity index (χ4n) is 3.55. The van der Waals surface area contributed by atoms with Gasteiger partial charge in [-0.25, -0.2) is 4.79 Å². The monoisotopic (exact) mass is 622 g/mol. The van der Waals surface area contributed by atoms with E-state index in [-0.39, 0.29) is 19.4 Å². The van der Waals surface area contributed by atoms with Crippen LogP contribution in [0.4, 0.5) is 0 Å². The van der Waals surface area contributed by atoms with Gasteiger partial charge < -0.3 is 69.3 Å². The molecule has 0 heterocycles. The maximum Gasteiger partial charge on any atom is 0.326 e. The molecule has 0 saturated carbocycles. The average molecular weight is 623 g/mol. The van der Waals surface area contributed by atoms with Crippen molar-refractivity contribution >= 4 is 35.5 Å². The molecule has 0 rings (SSSR count). The van der Waals surface area contributed by atoms with E-state index in [0.717, 1.165) is 0 Å². The van der Waals surface area contributed by atoms with Gasteiger partial charge in [0, 0.05) is 0 Å². The zero-order chi connectivity index (χ0) is 32.9. The molecule has 16 N–H and O–H groups in total. The van der Waals surface area contributed by atoms with Gasteiger partial charge in [-0.2, -0.15) is 0 Å². The number of rotatable bonds is 23. The van der Waals surface area contributed by atoms with E-state index in [1.807, 2.05) is 0 Å². The van der Waals surface area contributed by atoms with Crippen molar-refractivity contribution in [1.82, 2.24) is 26.6 Å². The predicted molar refractivity (Wildman–Crippen MR) is 149 cm³/mol. The average Bonchev–Trinajstić information content (AvgIpc) is 2.99. The summed E-state index contributed by atoms with van der Waals surface area (Å²) in [4.78, 5) is 74.4. The van der Waals surface area contributed by atoms with Gasteiger partial charge in [0.15, 0.2) is 0 Å². The molecule has 0 fully saturated rings. The van der Waals surface area contributed by atoms with Crippen LogP contribution in [-0.2, 0) is 28.8 Å². The van der Waals surface area contributed by atoms with Crippen LogP contribution in [-0.4, -0.2) is 137 Å². The van der Waals surface area contributed by atoms with Gasteiger partial charge in [0.05, 0.1) is 26.4 Å². The molecule has 0 aromatic carbocycles. The number of aliphatic carboxylic acids is 1. The summed E-state index contributed by atoms with van der Waals surface area (Å²) < 4.78 is 0. The highest BCUT2D eigenvalue weighted by molar-refractivity contribution is 5.96. The van der Waals surface area contributed by atoms with Crippen LogP contribution in [0.25, 0.3) is 0 Å². The Morgan fingerprint density at radius 2 is 0.814 bits per heavy atom. The summed E-state index contributed by atoms with van der Waals surface area (Å²) in [5.74, 6) is -6.35. The Morgan fingerprint density at radius 3 is 1.16 bits per heavy atom. The van der Waals surface area contributed by atoms with Gasteiger partial charge >= 0.3 is 5.97 Å². The van der Waals surface area contributed by atoms with E-state index in [4.69, 9.17) is 22.3 Å². The fraction of sp³-hybridized carbons (Fsp3) is 0.750. The van der Waals surface area contributed by atoms with E-state index in [0.29, 0.717) is 32.2 Å². The van der Waals surface area contributed by atoms with Crippen LogP contribution in [0.5, 0.6) is 0 Å². The van der Waals surface area contributed by atoms with Crippen molar-refractivity contribution in [3.63, 3.8) is 0 Å². The number of carbonyl (C=O) groups excluding carboxylic acids is 5. The molecule has 0 aromatic heterocycles. The molecule has 6 atom stereocenters. The first-order chi connectivity index (χ1) is 20.4. The van der Waals surface area contributed by atoms with Gasteiger partial charge in [0.25, 0.3) is 0 Å². The zero-order valence-electron chi connectivity index (χ0n) is 23.9. The van der Waals surface area contributed by atoms with Crippen LogP contribution < -0.4 is 43.8 Å². The molecule has 0 unspecified atom stereocenters. The number of aliphatic hydroxyl groups is 4. The molecule has 0 saturated heterocycles. The number of carbonyl (C=O) groups is 6. The highest BCUT2D eigenvalue weighted by atomic mass is 16.4. The molecule has 0 radical (unpaired) electrons. The third-order valence-corrected chi connectivity index (χ3v) is 6.12. The first-order valence-electron chi connectivity index (χ1n) is 13.7. The van der Waals surface area contributed by atoms with Gasteiger partial charge in [-0.15, -0.1) is 0 Å². The summed E-state index contributed by atoms with van der Waals surface area (Å²) in [5, 5.41) is 58.2. The summed E-state index contributed by atoms with van der Waals surface area (Å²) in [6, 6.07) is -8.86. The van der Waals surface area contributed by atoms with E-state index in [1.54, 1.807) is 0 Å². The van der Waals surface area contributed by atoms with Crippen LogP contribution in [0.15, 0.2) is 0 Å². The Kier molecular flexibility index (Phi) is 20.3. The summed E-state index contributed by atoms with van der Waals surface area (Å²) in [7, 11) is 0. The quantitative estimate of drug-likeness (QED) is 0.0471. The first kappa shape index (κ1) is 39.5. The summed E-state index contributed by atoms with van der Waals surface area (Å²) >= 11 is 0. The molecular formula is C24H46N8O11. The second-order valence-corrected chi connectivity index (χ2v) is 9.55.